The fraction of sp³-hybridized carbons (Fsp3) is 0.0545. The van der Waals surface area contributed by atoms with Crippen molar-refractivity contribution in [2.75, 3.05) is 0 Å². The molecule has 0 atom stereocenters. The van der Waals surface area contributed by atoms with Crippen molar-refractivity contribution >= 4 is 67.9 Å². The van der Waals surface area contributed by atoms with Crippen LogP contribution in [0.5, 0.6) is 0 Å². The highest BCUT2D eigenvalue weighted by molar-refractivity contribution is 6.10. The van der Waals surface area contributed by atoms with E-state index in [1.54, 1.807) is 0 Å². The van der Waals surface area contributed by atoms with E-state index in [1.807, 2.05) is 0 Å². The van der Waals surface area contributed by atoms with E-state index in [0.717, 1.165) is 0 Å². The van der Waals surface area contributed by atoms with E-state index in [9.17, 15) is 0 Å². The largest absolute Gasteiger partial charge is 0.309 e. The van der Waals surface area contributed by atoms with Crippen LogP contribution in [0.1, 0.15) is 47.2 Å². The third kappa shape index (κ3) is 5.40. The summed E-state index contributed by atoms with van der Waals surface area (Å²) in [5.41, 5.74) is 17.4. The highest BCUT2D eigenvalue weighted by atomic mass is 15.0. The van der Waals surface area contributed by atoms with Gasteiger partial charge in [0.2, 0.25) is 0 Å². The van der Waals surface area contributed by atoms with Gasteiger partial charge in [-0.2, -0.15) is 0 Å². The molecule has 10 aromatic rings. The summed E-state index contributed by atoms with van der Waals surface area (Å²) < 4.78 is 4.73. The number of nitrogens with zero attached hydrogens (tertiary/aromatic N) is 2. The molecule has 1 aliphatic rings. The van der Waals surface area contributed by atoms with Crippen molar-refractivity contribution in [1.82, 2.24) is 9.13 Å². The van der Waals surface area contributed by atoms with Crippen molar-refractivity contribution in [1.29, 1.82) is 0 Å². The van der Waals surface area contributed by atoms with Crippen LogP contribution in [-0.4, -0.2) is 9.13 Å². The first-order valence-electron chi connectivity index (χ1n) is 19.8. The maximum atomic E-state index is 2.38. The molecular formula is C55H40N2. The van der Waals surface area contributed by atoms with Crippen LogP contribution in [0.15, 0.2) is 182 Å². The van der Waals surface area contributed by atoms with Gasteiger partial charge in [0.05, 0.1) is 22.1 Å². The zero-order chi connectivity index (χ0) is 38.1. The first-order chi connectivity index (χ1) is 28.0. The Hall–Kier alpha value is -7.16. The zero-order valence-corrected chi connectivity index (χ0v) is 32.0. The van der Waals surface area contributed by atoms with Gasteiger partial charge in [-0.05, 0) is 93.0 Å². The summed E-state index contributed by atoms with van der Waals surface area (Å²) in [6, 6.07) is 66.4. The van der Waals surface area contributed by atoms with Gasteiger partial charge in [-0.25, -0.2) is 0 Å². The van der Waals surface area contributed by atoms with Gasteiger partial charge in [0, 0.05) is 38.3 Å². The summed E-state index contributed by atoms with van der Waals surface area (Å²) in [4.78, 5) is 0. The maximum Gasteiger partial charge on any atom is 0.0541 e. The van der Waals surface area contributed by atoms with Crippen LogP contribution >= 0.6 is 0 Å². The van der Waals surface area contributed by atoms with Crippen molar-refractivity contribution < 1.29 is 0 Å². The number of hydrogen-bond acceptors (Lipinski definition) is 0. The van der Waals surface area contributed by atoms with Gasteiger partial charge in [-0.15, -0.1) is 0 Å². The number of hydrogen-bond donors (Lipinski definition) is 0. The molecule has 270 valence electrons. The standard InChI is InChI=1S/C55H40N2/c1-55(2)49-35-39(21-19-37-23-29-41(30-24-37)56-51-15-7-3-11-45(51)46-12-4-8-16-52(46)56)27-33-43(49)44-34-28-40(36-50(44)55)22-20-38-25-31-42(32-26-38)57-53-17-9-5-13-47(53)48-14-6-10-18-54(48)57/h3-36H,1-2H3/b21-19+,22-20+. The van der Waals surface area contributed by atoms with E-state index in [2.05, 4.69) is 229 Å². The Morgan fingerprint density at radius 1 is 0.333 bits per heavy atom. The fourth-order valence-corrected chi connectivity index (χ4v) is 9.24. The minimum Gasteiger partial charge on any atom is -0.309 e. The van der Waals surface area contributed by atoms with Crippen molar-refractivity contribution in [2.45, 2.75) is 19.3 Å². The lowest BCUT2D eigenvalue weighted by Gasteiger charge is -2.22. The molecule has 2 nitrogen and oxygen atoms in total. The average Bonchev–Trinajstić information content (AvgIpc) is 3.86. The van der Waals surface area contributed by atoms with E-state index < -0.39 is 0 Å². The first kappa shape index (κ1) is 33.2. The summed E-state index contributed by atoms with van der Waals surface area (Å²) >= 11 is 0. The highest BCUT2D eigenvalue weighted by Crippen LogP contribution is 2.49. The molecule has 0 N–H and O–H groups in total. The molecule has 0 unspecified atom stereocenters. The Balaban J connectivity index is 0.829. The van der Waals surface area contributed by atoms with Crippen molar-refractivity contribution in [3.8, 4) is 22.5 Å². The van der Waals surface area contributed by atoms with Crippen LogP contribution in [0, 0.1) is 0 Å². The van der Waals surface area contributed by atoms with Crippen molar-refractivity contribution in [3.63, 3.8) is 0 Å². The van der Waals surface area contributed by atoms with Gasteiger partial charge >= 0.3 is 0 Å². The lowest BCUT2D eigenvalue weighted by molar-refractivity contribution is 0.660. The second kappa shape index (κ2) is 13.0. The predicted molar refractivity (Wildman–Crippen MR) is 243 cm³/mol. The molecule has 1 aliphatic carbocycles. The van der Waals surface area contributed by atoms with Gasteiger partial charge in [0.15, 0.2) is 0 Å². The van der Waals surface area contributed by atoms with Crippen LogP contribution in [0.4, 0.5) is 0 Å². The quantitative estimate of drug-likeness (QED) is 0.151. The Labute approximate surface area is 332 Å². The van der Waals surface area contributed by atoms with Gasteiger partial charge in [0.25, 0.3) is 0 Å². The second-order valence-electron chi connectivity index (χ2n) is 15.8. The van der Waals surface area contributed by atoms with Gasteiger partial charge < -0.3 is 9.13 Å². The Kier molecular flexibility index (Phi) is 7.55. The number of para-hydroxylation sites is 4. The number of aromatic nitrogens is 2. The third-order valence-electron chi connectivity index (χ3n) is 12.1. The van der Waals surface area contributed by atoms with Gasteiger partial charge in [0.1, 0.15) is 0 Å². The number of fused-ring (bicyclic) bond motifs is 9. The molecule has 2 aromatic heterocycles. The molecular weight excluding hydrogens is 689 g/mol. The smallest absolute Gasteiger partial charge is 0.0541 e. The summed E-state index contributed by atoms with van der Waals surface area (Å²) in [7, 11) is 0. The number of benzene rings is 8. The minimum atomic E-state index is -0.105. The molecule has 0 saturated heterocycles. The van der Waals surface area contributed by atoms with E-state index in [1.165, 1.54) is 99.5 Å². The molecule has 2 heteroatoms. The molecule has 57 heavy (non-hydrogen) atoms. The maximum absolute atomic E-state index is 2.38. The van der Waals surface area contributed by atoms with Crippen LogP contribution in [-0.2, 0) is 5.41 Å². The molecule has 8 aromatic carbocycles. The molecule has 0 bridgehead atoms. The highest BCUT2D eigenvalue weighted by Gasteiger charge is 2.35. The molecule has 11 rings (SSSR count). The van der Waals surface area contributed by atoms with Crippen molar-refractivity contribution in [2.24, 2.45) is 0 Å². The van der Waals surface area contributed by atoms with Gasteiger partial charge in [-0.1, -0.05) is 172 Å². The van der Waals surface area contributed by atoms with Crippen LogP contribution in [0.3, 0.4) is 0 Å². The van der Waals surface area contributed by atoms with Crippen LogP contribution < -0.4 is 0 Å². The molecule has 0 saturated carbocycles. The summed E-state index contributed by atoms with van der Waals surface area (Å²) in [5, 5.41) is 5.13. The van der Waals surface area contributed by atoms with Crippen molar-refractivity contribution in [3.05, 3.63) is 215 Å². The lowest BCUT2D eigenvalue weighted by Crippen LogP contribution is -2.15. The van der Waals surface area contributed by atoms with Gasteiger partial charge in [-0.3, -0.25) is 0 Å². The van der Waals surface area contributed by atoms with E-state index in [0.29, 0.717) is 0 Å². The normalized spacial score (nSPS) is 13.4. The van der Waals surface area contributed by atoms with Crippen LogP contribution in [0.2, 0.25) is 0 Å². The summed E-state index contributed by atoms with van der Waals surface area (Å²) in [6.45, 7) is 4.72. The molecule has 0 fully saturated rings. The first-order valence-corrected chi connectivity index (χ1v) is 19.8. The Morgan fingerprint density at radius 3 is 0.982 bits per heavy atom. The fourth-order valence-electron chi connectivity index (χ4n) is 9.24. The SMILES string of the molecule is CC1(C)c2cc(/C=C/c3ccc(-n4c5ccccc5c5ccccc54)cc3)ccc2-c2ccc(/C=C/c3ccc(-n4c5ccccc5c5ccccc54)cc3)cc21. The molecule has 2 heterocycles. The predicted octanol–water partition coefficient (Wildman–Crippen LogP) is 14.5. The molecule has 0 radical (unpaired) electrons. The second-order valence-corrected chi connectivity index (χ2v) is 15.8. The molecule has 0 spiro atoms. The van der Waals surface area contributed by atoms with E-state index in [4.69, 9.17) is 0 Å². The topological polar surface area (TPSA) is 9.86 Å². The third-order valence-corrected chi connectivity index (χ3v) is 12.1. The summed E-state index contributed by atoms with van der Waals surface area (Å²) in [6.07, 6.45) is 8.95. The zero-order valence-electron chi connectivity index (χ0n) is 32.0. The number of rotatable bonds is 6. The van der Waals surface area contributed by atoms with E-state index >= 15 is 0 Å². The molecule has 0 aliphatic heterocycles. The Bertz CT molecular complexity index is 2910. The molecule has 0 amide bonds. The Morgan fingerprint density at radius 2 is 0.632 bits per heavy atom. The monoisotopic (exact) mass is 728 g/mol. The summed E-state index contributed by atoms with van der Waals surface area (Å²) in [5.74, 6) is 0. The van der Waals surface area contributed by atoms with E-state index in [-0.39, 0.29) is 5.41 Å². The lowest BCUT2D eigenvalue weighted by atomic mass is 9.81. The minimum absolute atomic E-state index is 0.105. The average molecular weight is 729 g/mol. The van der Waals surface area contributed by atoms with Crippen LogP contribution in [0.25, 0.3) is 90.4 Å².